The molecule has 3 aromatic rings. The summed E-state index contributed by atoms with van der Waals surface area (Å²) in [6.07, 6.45) is 0. The van der Waals surface area contributed by atoms with E-state index in [1.54, 1.807) is 36.3 Å². The van der Waals surface area contributed by atoms with Crippen molar-refractivity contribution in [1.82, 2.24) is 9.55 Å². The van der Waals surface area contributed by atoms with Crippen LogP contribution in [0.25, 0.3) is 16.6 Å². The molecule has 2 N–H and O–H groups in total. The SMILES string of the molecule is CCOCCOC(=O)c1ccc(N2CC(O)=C(c3nc4cc(OC)ccc4n3C)C2=N)cc1. The van der Waals surface area contributed by atoms with Crippen molar-refractivity contribution in [2.24, 2.45) is 7.05 Å². The Hall–Kier alpha value is -3.85. The molecule has 172 valence electrons. The first-order valence-electron chi connectivity index (χ1n) is 10.6. The lowest BCUT2D eigenvalue weighted by Crippen LogP contribution is -2.26. The standard InChI is InChI=1S/C24H26N4O5/c1-4-32-11-12-33-24(30)15-5-7-16(8-6-15)28-14-20(29)21(22(28)25)23-26-18-13-17(31-3)9-10-19(18)27(23)2/h5-10,13,25,29H,4,11-12,14H2,1-3H3. The molecule has 0 aliphatic carbocycles. The van der Waals surface area contributed by atoms with Crippen LogP contribution in [0.1, 0.15) is 23.1 Å². The summed E-state index contributed by atoms with van der Waals surface area (Å²) in [7, 11) is 3.44. The van der Waals surface area contributed by atoms with Gasteiger partial charge in [-0.1, -0.05) is 0 Å². The Morgan fingerprint density at radius 3 is 2.64 bits per heavy atom. The number of aliphatic hydroxyl groups excluding tert-OH is 1. The van der Waals surface area contributed by atoms with Gasteiger partial charge in [-0.3, -0.25) is 5.41 Å². The van der Waals surface area contributed by atoms with Gasteiger partial charge in [-0.25, -0.2) is 9.78 Å². The van der Waals surface area contributed by atoms with Gasteiger partial charge >= 0.3 is 5.97 Å². The minimum Gasteiger partial charge on any atom is -0.509 e. The summed E-state index contributed by atoms with van der Waals surface area (Å²) < 4.78 is 17.5. The van der Waals surface area contributed by atoms with Crippen molar-refractivity contribution in [3.63, 3.8) is 0 Å². The molecule has 0 radical (unpaired) electrons. The van der Waals surface area contributed by atoms with Crippen LogP contribution in [0.4, 0.5) is 5.69 Å². The molecule has 4 rings (SSSR count). The molecule has 2 heterocycles. The third-order valence-corrected chi connectivity index (χ3v) is 5.49. The number of imidazole rings is 1. The first kappa shape index (κ1) is 22.3. The van der Waals surface area contributed by atoms with Crippen molar-refractivity contribution in [2.75, 3.05) is 38.4 Å². The smallest absolute Gasteiger partial charge is 0.338 e. The minimum absolute atomic E-state index is 0.0600. The number of nitrogens with zero attached hydrogens (tertiary/aromatic N) is 3. The number of hydrogen-bond acceptors (Lipinski definition) is 7. The number of aryl methyl sites for hydroxylation is 1. The van der Waals surface area contributed by atoms with Crippen molar-refractivity contribution in [2.45, 2.75) is 6.92 Å². The van der Waals surface area contributed by atoms with Crippen molar-refractivity contribution in [1.29, 1.82) is 5.41 Å². The number of esters is 1. The van der Waals surface area contributed by atoms with E-state index in [-0.39, 0.29) is 24.7 Å². The topological polar surface area (TPSA) is 110 Å². The molecule has 1 aliphatic heterocycles. The molecule has 0 saturated heterocycles. The average Bonchev–Trinajstić information content (AvgIpc) is 3.31. The van der Waals surface area contributed by atoms with Crippen LogP contribution in [0.3, 0.4) is 0 Å². The maximum atomic E-state index is 12.2. The summed E-state index contributed by atoms with van der Waals surface area (Å²) in [6.45, 7) is 3.13. The number of benzene rings is 2. The van der Waals surface area contributed by atoms with E-state index in [9.17, 15) is 9.90 Å². The van der Waals surface area contributed by atoms with E-state index >= 15 is 0 Å². The van der Waals surface area contributed by atoms with E-state index in [1.807, 2.05) is 36.7 Å². The van der Waals surface area contributed by atoms with Crippen LogP contribution in [0.5, 0.6) is 5.75 Å². The number of nitrogens with one attached hydrogen (secondary N) is 1. The lowest BCUT2D eigenvalue weighted by molar-refractivity contribution is 0.0335. The number of amidine groups is 1. The lowest BCUT2D eigenvalue weighted by Gasteiger charge is -2.19. The van der Waals surface area contributed by atoms with Gasteiger partial charge in [0.05, 0.1) is 42.4 Å². The van der Waals surface area contributed by atoms with Gasteiger partial charge in [0.25, 0.3) is 0 Å². The van der Waals surface area contributed by atoms with Crippen LogP contribution < -0.4 is 9.64 Å². The molecule has 0 fully saturated rings. The van der Waals surface area contributed by atoms with Crippen molar-refractivity contribution >= 4 is 34.1 Å². The second-order valence-electron chi connectivity index (χ2n) is 7.49. The van der Waals surface area contributed by atoms with Gasteiger partial charge in [-0.05, 0) is 43.3 Å². The summed E-state index contributed by atoms with van der Waals surface area (Å²) in [5, 5.41) is 19.4. The third-order valence-electron chi connectivity index (χ3n) is 5.49. The van der Waals surface area contributed by atoms with Crippen molar-refractivity contribution in [3.05, 3.63) is 59.6 Å². The maximum Gasteiger partial charge on any atom is 0.338 e. The van der Waals surface area contributed by atoms with Crippen LogP contribution in [-0.4, -0.2) is 59.9 Å². The predicted octanol–water partition coefficient (Wildman–Crippen LogP) is 3.54. The van der Waals surface area contributed by atoms with Crippen LogP contribution in [-0.2, 0) is 16.5 Å². The van der Waals surface area contributed by atoms with E-state index in [2.05, 4.69) is 4.98 Å². The largest absolute Gasteiger partial charge is 0.509 e. The maximum absolute atomic E-state index is 12.2. The summed E-state index contributed by atoms with van der Waals surface area (Å²) >= 11 is 0. The number of methoxy groups -OCH3 is 1. The number of ether oxygens (including phenoxy) is 3. The highest BCUT2D eigenvalue weighted by atomic mass is 16.6. The molecule has 2 aromatic carbocycles. The molecule has 0 atom stereocenters. The number of carbonyl (C=O) groups is 1. The molecular formula is C24H26N4O5. The number of aliphatic hydroxyl groups is 1. The van der Waals surface area contributed by atoms with Crippen molar-refractivity contribution < 1.29 is 24.1 Å². The summed E-state index contributed by atoms with van der Waals surface area (Å²) in [5.74, 6) is 0.937. The van der Waals surface area contributed by atoms with Gasteiger partial charge in [-0.15, -0.1) is 0 Å². The molecule has 0 saturated carbocycles. The summed E-state index contributed by atoms with van der Waals surface area (Å²) in [5.41, 5.74) is 3.03. The molecule has 0 unspecified atom stereocenters. The highest BCUT2D eigenvalue weighted by Crippen LogP contribution is 2.32. The number of hydrogen-bond donors (Lipinski definition) is 2. The Kier molecular flexibility index (Phi) is 6.32. The zero-order chi connectivity index (χ0) is 23.5. The van der Waals surface area contributed by atoms with Gasteiger partial charge < -0.3 is 28.8 Å². The average molecular weight is 450 g/mol. The van der Waals surface area contributed by atoms with Gasteiger partial charge in [0, 0.05) is 25.4 Å². The quantitative estimate of drug-likeness (QED) is 0.399. The normalized spacial score (nSPS) is 13.8. The molecule has 33 heavy (non-hydrogen) atoms. The number of carbonyl (C=O) groups excluding carboxylic acids is 1. The molecule has 0 amide bonds. The van der Waals surface area contributed by atoms with Gasteiger partial charge in [0.1, 0.15) is 29.8 Å². The number of rotatable bonds is 8. The summed E-state index contributed by atoms with van der Waals surface area (Å²) in [4.78, 5) is 18.5. The zero-order valence-corrected chi connectivity index (χ0v) is 18.8. The monoisotopic (exact) mass is 450 g/mol. The van der Waals surface area contributed by atoms with Gasteiger partial charge in [0.2, 0.25) is 0 Å². The Morgan fingerprint density at radius 1 is 1.18 bits per heavy atom. The lowest BCUT2D eigenvalue weighted by atomic mass is 10.2. The zero-order valence-electron chi connectivity index (χ0n) is 18.8. The molecule has 1 aromatic heterocycles. The fraction of sp³-hybridized carbons (Fsp3) is 0.292. The Balaban J connectivity index is 1.53. The second-order valence-corrected chi connectivity index (χ2v) is 7.49. The van der Waals surface area contributed by atoms with Crippen LogP contribution in [0.2, 0.25) is 0 Å². The minimum atomic E-state index is -0.436. The van der Waals surface area contributed by atoms with Crippen LogP contribution in [0.15, 0.2) is 48.2 Å². The number of anilines is 1. The molecule has 1 aliphatic rings. The molecule has 9 heteroatoms. The predicted molar refractivity (Wildman–Crippen MR) is 125 cm³/mol. The molecular weight excluding hydrogens is 424 g/mol. The van der Waals surface area contributed by atoms with Crippen molar-refractivity contribution in [3.8, 4) is 5.75 Å². The highest BCUT2D eigenvalue weighted by molar-refractivity contribution is 6.30. The van der Waals surface area contributed by atoms with E-state index in [0.29, 0.717) is 47.1 Å². The van der Waals surface area contributed by atoms with E-state index in [4.69, 9.17) is 19.6 Å². The third kappa shape index (κ3) is 4.27. The fourth-order valence-electron chi connectivity index (χ4n) is 3.76. The second kappa shape index (κ2) is 9.33. The Labute approximate surface area is 191 Å². The van der Waals surface area contributed by atoms with E-state index in [1.165, 1.54) is 0 Å². The van der Waals surface area contributed by atoms with E-state index in [0.717, 1.165) is 5.52 Å². The first-order chi connectivity index (χ1) is 15.9. The fourth-order valence-corrected chi connectivity index (χ4v) is 3.76. The first-order valence-corrected chi connectivity index (χ1v) is 10.6. The Morgan fingerprint density at radius 2 is 1.94 bits per heavy atom. The Bertz CT molecular complexity index is 1230. The number of fused-ring (bicyclic) bond motifs is 1. The summed E-state index contributed by atoms with van der Waals surface area (Å²) in [6, 6.07) is 12.3. The number of aromatic nitrogens is 2. The molecule has 0 bridgehead atoms. The molecule has 9 nitrogen and oxygen atoms in total. The van der Waals surface area contributed by atoms with Crippen LogP contribution in [0, 0.1) is 5.41 Å². The van der Waals surface area contributed by atoms with Crippen LogP contribution >= 0.6 is 0 Å². The van der Waals surface area contributed by atoms with Gasteiger partial charge in [-0.2, -0.15) is 0 Å². The van der Waals surface area contributed by atoms with E-state index < -0.39 is 5.97 Å². The van der Waals surface area contributed by atoms with Gasteiger partial charge in [0.15, 0.2) is 0 Å². The highest BCUT2D eigenvalue weighted by Gasteiger charge is 2.32. The molecule has 0 spiro atoms.